The van der Waals surface area contributed by atoms with Crippen LogP contribution in [0.3, 0.4) is 0 Å². The SMILES string of the molecule is CNc1ccc(C=CC2=CC(=C3C(=O)c4ccccc4C3=O)C=C(C(C)(C)C)O2)cc1. The Morgan fingerprint density at radius 2 is 1.45 bits per heavy atom. The number of Topliss-reactive ketones (excluding diaryl/α,β-unsaturated/α-hetero) is 2. The molecule has 0 saturated carbocycles. The Morgan fingerprint density at radius 3 is 2.00 bits per heavy atom. The van der Waals surface area contributed by atoms with E-state index in [0.29, 0.717) is 28.2 Å². The summed E-state index contributed by atoms with van der Waals surface area (Å²) in [4.78, 5) is 26.0. The van der Waals surface area contributed by atoms with Crippen molar-refractivity contribution >= 4 is 23.3 Å². The molecule has 0 radical (unpaired) electrons. The van der Waals surface area contributed by atoms with Crippen LogP contribution in [0.4, 0.5) is 5.69 Å². The molecule has 0 spiro atoms. The summed E-state index contributed by atoms with van der Waals surface area (Å²) >= 11 is 0. The molecule has 4 heteroatoms. The summed E-state index contributed by atoms with van der Waals surface area (Å²) in [5.74, 6) is 0.830. The summed E-state index contributed by atoms with van der Waals surface area (Å²) < 4.78 is 6.12. The van der Waals surface area contributed by atoms with Gasteiger partial charge in [0, 0.05) is 29.3 Å². The summed E-state index contributed by atoms with van der Waals surface area (Å²) in [6.45, 7) is 6.12. The molecule has 2 aromatic carbocycles. The first-order valence-corrected chi connectivity index (χ1v) is 10.3. The lowest BCUT2D eigenvalue weighted by Crippen LogP contribution is -2.16. The number of allylic oxidation sites excluding steroid dienone is 6. The molecule has 31 heavy (non-hydrogen) atoms. The Bertz CT molecular complexity index is 1150. The lowest BCUT2D eigenvalue weighted by molar-refractivity contribution is 0.0987. The number of carbonyl (C=O) groups excluding carboxylic acids is 2. The second-order valence-corrected chi connectivity index (χ2v) is 8.65. The molecule has 2 aliphatic rings. The number of hydrogen-bond donors (Lipinski definition) is 1. The number of nitrogens with one attached hydrogen (secondary N) is 1. The fourth-order valence-corrected chi connectivity index (χ4v) is 3.57. The van der Waals surface area contributed by atoms with E-state index >= 15 is 0 Å². The third-order valence-corrected chi connectivity index (χ3v) is 5.35. The summed E-state index contributed by atoms with van der Waals surface area (Å²) in [5, 5.41) is 3.10. The van der Waals surface area contributed by atoms with Crippen molar-refractivity contribution in [2.24, 2.45) is 5.41 Å². The fourth-order valence-electron chi connectivity index (χ4n) is 3.57. The van der Waals surface area contributed by atoms with Crippen molar-refractivity contribution in [3.05, 3.63) is 106 Å². The highest BCUT2D eigenvalue weighted by molar-refractivity contribution is 6.40. The van der Waals surface area contributed by atoms with Crippen molar-refractivity contribution < 1.29 is 14.3 Å². The van der Waals surface area contributed by atoms with Crippen molar-refractivity contribution in [2.75, 3.05) is 12.4 Å². The molecule has 0 aromatic heterocycles. The van der Waals surface area contributed by atoms with Gasteiger partial charge in [0.2, 0.25) is 0 Å². The van der Waals surface area contributed by atoms with Crippen LogP contribution in [0.2, 0.25) is 0 Å². The van der Waals surface area contributed by atoms with Crippen molar-refractivity contribution in [3.8, 4) is 0 Å². The lowest BCUT2D eigenvalue weighted by atomic mass is 9.89. The quantitative estimate of drug-likeness (QED) is 0.500. The van der Waals surface area contributed by atoms with Crippen LogP contribution < -0.4 is 5.32 Å². The van der Waals surface area contributed by atoms with Gasteiger partial charge < -0.3 is 10.1 Å². The Kier molecular flexibility index (Phi) is 5.24. The summed E-state index contributed by atoms with van der Waals surface area (Å²) in [7, 11) is 1.88. The van der Waals surface area contributed by atoms with Gasteiger partial charge in [-0.2, -0.15) is 0 Å². The molecule has 1 heterocycles. The third-order valence-electron chi connectivity index (χ3n) is 5.35. The molecule has 156 valence electrons. The molecule has 2 aromatic rings. The van der Waals surface area contributed by atoms with E-state index in [0.717, 1.165) is 11.3 Å². The first-order valence-electron chi connectivity index (χ1n) is 10.3. The van der Waals surface area contributed by atoms with Gasteiger partial charge in [-0.25, -0.2) is 0 Å². The predicted molar refractivity (Wildman–Crippen MR) is 124 cm³/mol. The molecule has 0 fully saturated rings. The van der Waals surface area contributed by atoms with Gasteiger partial charge in [-0.15, -0.1) is 0 Å². The molecule has 1 N–H and O–H groups in total. The van der Waals surface area contributed by atoms with Gasteiger partial charge in [0.25, 0.3) is 0 Å². The van der Waals surface area contributed by atoms with Crippen molar-refractivity contribution in [1.29, 1.82) is 0 Å². The van der Waals surface area contributed by atoms with Crippen LogP contribution in [0.1, 0.15) is 47.1 Å². The van der Waals surface area contributed by atoms with Gasteiger partial charge in [-0.05, 0) is 41.5 Å². The van der Waals surface area contributed by atoms with Crippen LogP contribution in [0.5, 0.6) is 0 Å². The molecule has 0 atom stereocenters. The summed E-state index contributed by atoms with van der Waals surface area (Å²) in [6, 6.07) is 15.0. The monoisotopic (exact) mass is 411 g/mol. The van der Waals surface area contributed by atoms with E-state index in [4.69, 9.17) is 4.74 Å². The molecule has 0 unspecified atom stereocenters. The largest absolute Gasteiger partial charge is 0.461 e. The molecule has 4 nitrogen and oxygen atoms in total. The minimum Gasteiger partial charge on any atom is -0.461 e. The van der Waals surface area contributed by atoms with E-state index in [-0.39, 0.29) is 22.6 Å². The normalized spacial score (nSPS) is 16.3. The third kappa shape index (κ3) is 4.02. The van der Waals surface area contributed by atoms with Gasteiger partial charge in [0.15, 0.2) is 11.6 Å². The Morgan fingerprint density at radius 1 is 0.839 bits per heavy atom. The van der Waals surface area contributed by atoms with Gasteiger partial charge in [-0.3, -0.25) is 9.59 Å². The highest BCUT2D eigenvalue weighted by atomic mass is 16.5. The van der Waals surface area contributed by atoms with Crippen LogP contribution >= 0.6 is 0 Å². The van der Waals surface area contributed by atoms with Gasteiger partial charge in [0.1, 0.15) is 11.5 Å². The number of ether oxygens (including phenoxy) is 1. The zero-order valence-corrected chi connectivity index (χ0v) is 18.2. The Labute approximate surface area is 182 Å². The zero-order valence-electron chi connectivity index (χ0n) is 18.2. The molecule has 0 bridgehead atoms. The number of ketones is 2. The smallest absolute Gasteiger partial charge is 0.198 e. The number of hydrogen-bond acceptors (Lipinski definition) is 4. The number of fused-ring (bicyclic) bond motifs is 1. The molecule has 0 amide bonds. The molecular formula is C27H25NO3. The molecule has 1 aliphatic heterocycles. The van der Waals surface area contributed by atoms with Gasteiger partial charge >= 0.3 is 0 Å². The second kappa shape index (κ2) is 7.88. The number of anilines is 1. The minimum absolute atomic E-state index is 0.204. The van der Waals surface area contributed by atoms with Crippen LogP contribution in [0.25, 0.3) is 6.08 Å². The number of benzene rings is 2. The number of carbonyl (C=O) groups is 2. The van der Waals surface area contributed by atoms with E-state index in [1.54, 1.807) is 30.3 Å². The van der Waals surface area contributed by atoms with Crippen LogP contribution in [-0.4, -0.2) is 18.6 Å². The zero-order chi connectivity index (χ0) is 22.2. The maximum atomic E-state index is 13.0. The van der Waals surface area contributed by atoms with E-state index in [1.807, 2.05) is 70.3 Å². The Balaban J connectivity index is 1.76. The second-order valence-electron chi connectivity index (χ2n) is 8.65. The van der Waals surface area contributed by atoms with Crippen molar-refractivity contribution in [2.45, 2.75) is 20.8 Å². The standard InChI is InChI=1S/C27H25NO3/c1-27(2,3)23-16-18(24-25(29)21-7-5-6-8-22(21)26(24)30)15-20(31-23)14-11-17-9-12-19(28-4)13-10-17/h5-16,28H,1-4H3. The van der Waals surface area contributed by atoms with Crippen molar-refractivity contribution in [3.63, 3.8) is 0 Å². The van der Waals surface area contributed by atoms with E-state index in [1.165, 1.54) is 0 Å². The molecule has 1 aliphatic carbocycles. The maximum Gasteiger partial charge on any atom is 0.198 e. The van der Waals surface area contributed by atoms with E-state index < -0.39 is 0 Å². The average molecular weight is 412 g/mol. The maximum absolute atomic E-state index is 13.0. The van der Waals surface area contributed by atoms with Crippen LogP contribution in [-0.2, 0) is 4.74 Å². The highest BCUT2D eigenvalue weighted by Crippen LogP contribution is 2.37. The summed E-state index contributed by atoms with van der Waals surface area (Å²) in [5.41, 5.74) is 3.48. The van der Waals surface area contributed by atoms with Gasteiger partial charge in [0.05, 0.1) is 5.57 Å². The number of rotatable bonds is 3. The summed E-state index contributed by atoms with van der Waals surface area (Å²) in [6.07, 6.45) is 7.40. The molecule has 0 saturated heterocycles. The molecular weight excluding hydrogens is 386 g/mol. The van der Waals surface area contributed by atoms with Crippen LogP contribution in [0.15, 0.2) is 89.4 Å². The highest BCUT2D eigenvalue weighted by Gasteiger charge is 2.36. The fraction of sp³-hybridized carbons (Fsp3) is 0.185. The van der Waals surface area contributed by atoms with Crippen LogP contribution in [0, 0.1) is 5.41 Å². The predicted octanol–water partition coefficient (Wildman–Crippen LogP) is 5.96. The molecule has 4 rings (SSSR count). The van der Waals surface area contributed by atoms with E-state index in [2.05, 4.69) is 5.32 Å². The lowest BCUT2D eigenvalue weighted by Gasteiger charge is -2.27. The van der Waals surface area contributed by atoms with E-state index in [9.17, 15) is 9.59 Å². The first-order chi connectivity index (χ1) is 14.8. The topological polar surface area (TPSA) is 55.4 Å². The first kappa shape index (κ1) is 20.6. The minimum atomic E-state index is -0.287. The average Bonchev–Trinajstić information content (AvgIpc) is 3.02. The Hall–Kier alpha value is -3.66. The van der Waals surface area contributed by atoms with Crippen molar-refractivity contribution in [1.82, 2.24) is 0 Å². The van der Waals surface area contributed by atoms with Gasteiger partial charge in [-0.1, -0.05) is 63.2 Å².